The third-order valence-corrected chi connectivity index (χ3v) is 6.18. The average Bonchev–Trinajstić information content (AvgIpc) is 3.42. The lowest BCUT2D eigenvalue weighted by Crippen LogP contribution is -2.18. The molecule has 0 unspecified atom stereocenters. The molecule has 38 heavy (non-hydrogen) atoms. The minimum Gasteiger partial charge on any atom is -0.323 e. The standard InChI is InChI=1S/C24H6F6N8/c1-37-21-17(29)9-10-12(16(28)20-22(18(10)30)38(2)24(36-20)8(5-33)6-34)14(26)13(25)11(9)15(27)19(21)35-23(37)7(3-31)4-32/h1-2H3. The summed E-state index contributed by atoms with van der Waals surface area (Å²) >= 11 is 0. The number of aryl methyl sites for hydroxylation is 2. The molecular weight excluding hydrogens is 514 g/mol. The van der Waals surface area contributed by atoms with Crippen LogP contribution in [0, 0.1) is 80.2 Å². The van der Waals surface area contributed by atoms with Crippen molar-refractivity contribution in [1.82, 2.24) is 19.1 Å². The highest BCUT2D eigenvalue weighted by atomic mass is 19.2. The Morgan fingerprint density at radius 3 is 1.13 bits per heavy atom. The van der Waals surface area contributed by atoms with Crippen LogP contribution in [0.4, 0.5) is 26.3 Å². The number of nitriles is 4. The quantitative estimate of drug-likeness (QED) is 0.228. The molecule has 0 N–H and O–H groups in total. The molecule has 2 heterocycles. The molecule has 0 aliphatic heterocycles. The van der Waals surface area contributed by atoms with Crippen molar-refractivity contribution in [3.05, 3.63) is 45.9 Å². The van der Waals surface area contributed by atoms with Crippen molar-refractivity contribution in [1.29, 1.82) is 21.0 Å². The number of hydrogen-bond donors (Lipinski definition) is 0. The van der Waals surface area contributed by atoms with Crippen molar-refractivity contribution in [2.75, 3.05) is 0 Å². The van der Waals surface area contributed by atoms with Crippen LogP contribution in [0.25, 0.3) is 54.8 Å². The summed E-state index contributed by atoms with van der Waals surface area (Å²) in [6, 6.07) is 5.96. The fourth-order valence-electron chi connectivity index (χ4n) is 4.52. The zero-order valence-corrected chi connectivity index (χ0v) is 18.8. The first-order valence-corrected chi connectivity index (χ1v) is 10.2. The van der Waals surface area contributed by atoms with E-state index in [1.54, 1.807) is 0 Å². The molecule has 8 nitrogen and oxygen atoms in total. The van der Waals surface area contributed by atoms with Gasteiger partial charge in [0.15, 0.2) is 57.0 Å². The zero-order chi connectivity index (χ0) is 27.8. The Bertz CT molecular complexity index is 2070. The Labute approximate surface area is 206 Å². The van der Waals surface area contributed by atoms with Gasteiger partial charge in [-0.25, -0.2) is 36.3 Å². The summed E-state index contributed by atoms with van der Waals surface area (Å²) < 4.78 is 95.1. The third-order valence-electron chi connectivity index (χ3n) is 6.18. The van der Waals surface area contributed by atoms with Crippen molar-refractivity contribution in [2.45, 2.75) is 0 Å². The number of aromatic nitrogens is 4. The van der Waals surface area contributed by atoms with Crippen LogP contribution in [0.5, 0.6) is 0 Å². The first kappa shape index (κ1) is 24.1. The maximum absolute atomic E-state index is 16.0. The summed E-state index contributed by atoms with van der Waals surface area (Å²) in [6.07, 6.45) is 0. The monoisotopic (exact) mass is 520 g/mol. The molecule has 0 atom stereocenters. The lowest BCUT2D eigenvalue weighted by Gasteiger charge is -2.13. The SMILES string of the molecule is Cn1c(=C(C#N)C#N)nc2c(F)c3c(F)c(F)c4c(F)c5nc(=C(C#N)C#N)n(C)c5c(F)c4c3c(F)c21. The molecule has 5 aromatic rings. The van der Waals surface area contributed by atoms with Gasteiger partial charge in [0.05, 0.1) is 10.8 Å². The number of halogens is 6. The second-order valence-corrected chi connectivity index (χ2v) is 7.96. The van der Waals surface area contributed by atoms with E-state index in [4.69, 9.17) is 21.0 Å². The van der Waals surface area contributed by atoms with Gasteiger partial charge in [0.1, 0.15) is 46.3 Å². The Kier molecular flexibility index (Phi) is 5.05. The zero-order valence-electron chi connectivity index (χ0n) is 18.8. The van der Waals surface area contributed by atoms with Crippen molar-refractivity contribution >= 4 is 54.8 Å². The van der Waals surface area contributed by atoms with Crippen LogP contribution in [0.1, 0.15) is 0 Å². The minimum absolute atomic E-state index is 0.510. The van der Waals surface area contributed by atoms with Crippen molar-refractivity contribution in [3.63, 3.8) is 0 Å². The molecule has 0 saturated heterocycles. The Balaban J connectivity index is 2.21. The summed E-state index contributed by atoms with van der Waals surface area (Å²) in [7, 11) is 2.19. The van der Waals surface area contributed by atoms with E-state index in [2.05, 4.69) is 9.97 Å². The van der Waals surface area contributed by atoms with E-state index in [-0.39, 0.29) is 0 Å². The van der Waals surface area contributed by atoms with E-state index in [9.17, 15) is 0 Å². The molecule has 0 fully saturated rings. The predicted molar refractivity (Wildman–Crippen MR) is 118 cm³/mol. The lowest BCUT2D eigenvalue weighted by molar-refractivity contribution is 0.514. The minimum atomic E-state index is -2.06. The molecule has 184 valence electrons. The topological polar surface area (TPSA) is 131 Å². The Morgan fingerprint density at radius 1 is 0.526 bits per heavy atom. The molecule has 3 aromatic carbocycles. The van der Waals surface area contributed by atoms with Crippen LogP contribution in [-0.2, 0) is 14.1 Å². The lowest BCUT2D eigenvalue weighted by atomic mass is 9.97. The van der Waals surface area contributed by atoms with Crippen molar-refractivity contribution in [2.24, 2.45) is 14.1 Å². The van der Waals surface area contributed by atoms with Gasteiger partial charge >= 0.3 is 0 Å². The maximum atomic E-state index is 16.0. The van der Waals surface area contributed by atoms with Crippen LogP contribution in [0.3, 0.4) is 0 Å². The average molecular weight is 520 g/mol. The molecule has 0 bridgehead atoms. The van der Waals surface area contributed by atoms with Crippen LogP contribution in [-0.4, -0.2) is 19.1 Å². The third kappa shape index (κ3) is 2.71. The van der Waals surface area contributed by atoms with Gasteiger partial charge in [0.2, 0.25) is 0 Å². The highest BCUT2D eigenvalue weighted by molar-refractivity contribution is 6.16. The number of nitrogens with zero attached hydrogens (tertiary/aromatic N) is 8. The van der Waals surface area contributed by atoms with E-state index >= 15 is 26.3 Å². The van der Waals surface area contributed by atoms with Gasteiger partial charge in [-0.1, -0.05) is 0 Å². The summed E-state index contributed by atoms with van der Waals surface area (Å²) in [6.45, 7) is 0. The van der Waals surface area contributed by atoms with E-state index in [0.29, 0.717) is 0 Å². The van der Waals surface area contributed by atoms with Crippen molar-refractivity contribution in [3.8, 4) is 24.3 Å². The largest absolute Gasteiger partial charge is 0.323 e. The molecule has 0 saturated carbocycles. The van der Waals surface area contributed by atoms with Crippen LogP contribution in [0.15, 0.2) is 0 Å². The van der Waals surface area contributed by atoms with Crippen LogP contribution < -0.4 is 11.0 Å². The first-order chi connectivity index (χ1) is 18.0. The molecule has 5 rings (SSSR count). The second-order valence-electron chi connectivity index (χ2n) is 7.96. The first-order valence-electron chi connectivity index (χ1n) is 10.2. The molecular formula is C24H6F6N8. The summed E-state index contributed by atoms with van der Waals surface area (Å²) in [5.74, 6) is -10.5. The predicted octanol–water partition coefficient (Wildman–Crippen LogP) is 3.00. The number of hydrogen-bond acceptors (Lipinski definition) is 6. The number of rotatable bonds is 0. The summed E-state index contributed by atoms with van der Waals surface area (Å²) in [5, 5.41) is 31.5. The molecule has 14 heteroatoms. The van der Waals surface area contributed by atoms with Gasteiger partial charge in [-0.3, -0.25) is 0 Å². The Morgan fingerprint density at radius 2 is 0.842 bits per heavy atom. The van der Waals surface area contributed by atoms with Crippen molar-refractivity contribution < 1.29 is 26.3 Å². The van der Waals surface area contributed by atoms with Gasteiger partial charge in [-0.05, 0) is 0 Å². The molecule has 0 amide bonds. The van der Waals surface area contributed by atoms with E-state index in [1.807, 2.05) is 0 Å². The maximum Gasteiger partial charge on any atom is 0.172 e. The van der Waals surface area contributed by atoms with Gasteiger partial charge in [-0.15, -0.1) is 0 Å². The van der Waals surface area contributed by atoms with Crippen LogP contribution >= 0.6 is 0 Å². The smallest absolute Gasteiger partial charge is 0.172 e. The molecule has 2 aromatic heterocycles. The molecule has 0 aliphatic rings. The number of benzene rings is 3. The van der Waals surface area contributed by atoms with E-state index in [0.717, 1.165) is 23.2 Å². The normalized spacial score (nSPS) is 11.1. The molecule has 0 spiro atoms. The van der Waals surface area contributed by atoms with E-state index in [1.165, 1.54) is 24.3 Å². The molecule has 0 aliphatic carbocycles. The Hall–Kier alpha value is -5.60. The fraction of sp³-hybridized carbons (Fsp3) is 0.0833. The van der Waals surface area contributed by atoms with Gasteiger partial charge < -0.3 is 9.13 Å². The fourth-order valence-corrected chi connectivity index (χ4v) is 4.52. The van der Waals surface area contributed by atoms with Crippen LogP contribution in [0.2, 0.25) is 0 Å². The summed E-state index contributed by atoms with van der Waals surface area (Å²) in [4.78, 5) is 7.38. The summed E-state index contributed by atoms with van der Waals surface area (Å²) in [5.41, 5.74) is -5.60. The second kappa shape index (κ2) is 7.95. The number of imidazole rings is 2. The highest BCUT2D eigenvalue weighted by Crippen LogP contribution is 2.41. The highest BCUT2D eigenvalue weighted by Gasteiger charge is 2.32. The number of fused-ring (bicyclic) bond motifs is 5. The van der Waals surface area contributed by atoms with Gasteiger partial charge in [0, 0.05) is 24.9 Å². The molecule has 0 radical (unpaired) electrons. The van der Waals surface area contributed by atoms with Gasteiger partial charge in [0.25, 0.3) is 0 Å². The van der Waals surface area contributed by atoms with Gasteiger partial charge in [-0.2, -0.15) is 21.0 Å². The van der Waals surface area contributed by atoms with E-state index < -0.39 is 101 Å².